The third kappa shape index (κ3) is 2.81. The molecule has 2 aliphatic rings. The van der Waals surface area contributed by atoms with E-state index in [1.165, 1.54) is 18.4 Å². The number of allylic oxidation sites excluding steroid dienone is 1. The number of likely N-dealkylation sites (tertiary alicyclic amines) is 1. The Morgan fingerprint density at radius 3 is 2.80 bits per heavy atom. The SMILES string of the molecule is CC(C)=CCN1CCC(NC2CC2)C1=O. The summed E-state index contributed by atoms with van der Waals surface area (Å²) in [5.41, 5.74) is 1.28. The number of nitrogens with zero attached hydrogens (tertiary/aromatic N) is 1. The summed E-state index contributed by atoms with van der Waals surface area (Å²) in [5.74, 6) is 0.291. The maximum atomic E-state index is 11.9. The van der Waals surface area contributed by atoms with E-state index < -0.39 is 0 Å². The highest BCUT2D eigenvalue weighted by atomic mass is 16.2. The Bertz CT molecular complexity index is 277. The topological polar surface area (TPSA) is 32.3 Å². The summed E-state index contributed by atoms with van der Waals surface area (Å²) in [6, 6.07) is 0.727. The molecule has 0 aromatic rings. The van der Waals surface area contributed by atoms with E-state index in [-0.39, 0.29) is 6.04 Å². The quantitative estimate of drug-likeness (QED) is 0.706. The molecule has 15 heavy (non-hydrogen) atoms. The molecule has 3 heteroatoms. The fourth-order valence-electron chi connectivity index (χ4n) is 1.90. The molecule has 1 unspecified atom stereocenters. The summed E-state index contributed by atoms with van der Waals surface area (Å²) in [4.78, 5) is 13.9. The number of nitrogens with one attached hydrogen (secondary N) is 1. The number of hydrogen-bond acceptors (Lipinski definition) is 2. The zero-order valence-corrected chi connectivity index (χ0v) is 9.62. The Morgan fingerprint density at radius 2 is 2.20 bits per heavy atom. The van der Waals surface area contributed by atoms with Gasteiger partial charge in [-0.15, -0.1) is 0 Å². The van der Waals surface area contributed by atoms with E-state index in [1.807, 2.05) is 4.90 Å². The van der Waals surface area contributed by atoms with Gasteiger partial charge in [-0.3, -0.25) is 4.79 Å². The first kappa shape index (κ1) is 10.7. The molecule has 0 aromatic carbocycles. The summed E-state index contributed by atoms with van der Waals surface area (Å²) >= 11 is 0. The maximum absolute atomic E-state index is 11.9. The van der Waals surface area contributed by atoms with Crippen molar-refractivity contribution >= 4 is 5.91 Å². The fourth-order valence-corrected chi connectivity index (χ4v) is 1.90. The molecule has 3 nitrogen and oxygen atoms in total. The minimum atomic E-state index is 0.100. The fraction of sp³-hybridized carbons (Fsp3) is 0.750. The molecule has 0 radical (unpaired) electrons. The first-order chi connectivity index (χ1) is 7.16. The molecule has 0 spiro atoms. The molecular weight excluding hydrogens is 188 g/mol. The molecule has 1 N–H and O–H groups in total. The Labute approximate surface area is 91.5 Å². The molecule has 1 aliphatic heterocycles. The average molecular weight is 208 g/mol. The maximum Gasteiger partial charge on any atom is 0.240 e. The molecule has 1 amide bonds. The largest absolute Gasteiger partial charge is 0.338 e. The average Bonchev–Trinajstić information content (AvgIpc) is 2.92. The molecule has 1 heterocycles. The zero-order chi connectivity index (χ0) is 10.8. The van der Waals surface area contributed by atoms with Crippen LogP contribution in [0.1, 0.15) is 33.1 Å². The van der Waals surface area contributed by atoms with Crippen molar-refractivity contribution in [3.8, 4) is 0 Å². The van der Waals surface area contributed by atoms with Gasteiger partial charge in [0.05, 0.1) is 6.04 Å². The molecule has 1 saturated carbocycles. The van der Waals surface area contributed by atoms with Gasteiger partial charge < -0.3 is 10.2 Å². The smallest absolute Gasteiger partial charge is 0.240 e. The third-order valence-electron chi connectivity index (χ3n) is 3.03. The number of carbonyl (C=O) groups is 1. The zero-order valence-electron chi connectivity index (χ0n) is 9.62. The van der Waals surface area contributed by atoms with Crippen molar-refractivity contribution in [1.29, 1.82) is 0 Å². The van der Waals surface area contributed by atoms with Gasteiger partial charge in [0, 0.05) is 19.1 Å². The van der Waals surface area contributed by atoms with Crippen LogP contribution < -0.4 is 5.32 Å². The number of carbonyl (C=O) groups excluding carboxylic acids is 1. The Balaban J connectivity index is 1.83. The van der Waals surface area contributed by atoms with Gasteiger partial charge in [-0.1, -0.05) is 11.6 Å². The van der Waals surface area contributed by atoms with Crippen LogP contribution >= 0.6 is 0 Å². The number of rotatable bonds is 4. The van der Waals surface area contributed by atoms with Gasteiger partial charge in [-0.2, -0.15) is 0 Å². The van der Waals surface area contributed by atoms with Gasteiger partial charge in [0.2, 0.25) is 5.91 Å². The van der Waals surface area contributed by atoms with E-state index in [2.05, 4.69) is 25.2 Å². The summed E-state index contributed by atoms with van der Waals surface area (Å²) in [7, 11) is 0. The Morgan fingerprint density at radius 1 is 1.47 bits per heavy atom. The van der Waals surface area contributed by atoms with E-state index in [9.17, 15) is 4.79 Å². The Hall–Kier alpha value is -0.830. The van der Waals surface area contributed by atoms with E-state index in [0.717, 1.165) is 19.5 Å². The number of hydrogen-bond donors (Lipinski definition) is 1. The lowest BCUT2D eigenvalue weighted by molar-refractivity contribution is -0.129. The van der Waals surface area contributed by atoms with Crippen molar-refractivity contribution in [1.82, 2.24) is 10.2 Å². The third-order valence-corrected chi connectivity index (χ3v) is 3.03. The highest BCUT2D eigenvalue weighted by Gasteiger charge is 2.34. The van der Waals surface area contributed by atoms with Gasteiger partial charge in [0.1, 0.15) is 0 Å². The van der Waals surface area contributed by atoms with Crippen LogP contribution in [0.3, 0.4) is 0 Å². The molecule has 1 atom stereocenters. The van der Waals surface area contributed by atoms with Crippen LogP contribution in [-0.4, -0.2) is 36.0 Å². The van der Waals surface area contributed by atoms with Crippen LogP contribution in [0.5, 0.6) is 0 Å². The minimum absolute atomic E-state index is 0.100. The lowest BCUT2D eigenvalue weighted by atomic mass is 10.2. The molecule has 0 aromatic heterocycles. The molecule has 2 rings (SSSR count). The second kappa shape index (κ2) is 4.35. The predicted octanol–water partition coefficient (Wildman–Crippen LogP) is 1.31. The van der Waals surface area contributed by atoms with Crippen LogP contribution in [0, 0.1) is 0 Å². The lowest BCUT2D eigenvalue weighted by Crippen LogP contribution is -2.39. The Kier molecular flexibility index (Phi) is 3.10. The minimum Gasteiger partial charge on any atom is -0.338 e. The van der Waals surface area contributed by atoms with E-state index in [4.69, 9.17) is 0 Å². The molecular formula is C12H20N2O. The van der Waals surface area contributed by atoms with Crippen LogP contribution in [-0.2, 0) is 4.79 Å². The monoisotopic (exact) mass is 208 g/mol. The van der Waals surface area contributed by atoms with E-state index in [1.54, 1.807) is 0 Å². The summed E-state index contributed by atoms with van der Waals surface area (Å²) in [6.07, 6.45) is 5.60. The molecule has 84 valence electrons. The van der Waals surface area contributed by atoms with E-state index >= 15 is 0 Å². The van der Waals surface area contributed by atoms with Crippen molar-refractivity contribution in [2.24, 2.45) is 0 Å². The second-order valence-electron chi connectivity index (χ2n) is 4.85. The highest BCUT2D eigenvalue weighted by molar-refractivity contribution is 5.84. The second-order valence-corrected chi connectivity index (χ2v) is 4.85. The van der Waals surface area contributed by atoms with Crippen molar-refractivity contribution in [2.45, 2.75) is 45.2 Å². The lowest BCUT2D eigenvalue weighted by Gasteiger charge is -2.15. The van der Waals surface area contributed by atoms with Crippen molar-refractivity contribution < 1.29 is 4.79 Å². The van der Waals surface area contributed by atoms with Crippen LogP contribution in [0.15, 0.2) is 11.6 Å². The van der Waals surface area contributed by atoms with Crippen molar-refractivity contribution in [3.63, 3.8) is 0 Å². The van der Waals surface area contributed by atoms with Gasteiger partial charge in [0.15, 0.2) is 0 Å². The summed E-state index contributed by atoms with van der Waals surface area (Å²) in [6.45, 7) is 5.83. The van der Waals surface area contributed by atoms with Crippen LogP contribution in [0.25, 0.3) is 0 Å². The van der Waals surface area contributed by atoms with Gasteiger partial charge >= 0.3 is 0 Å². The van der Waals surface area contributed by atoms with Gasteiger partial charge in [-0.25, -0.2) is 0 Å². The molecule has 1 aliphatic carbocycles. The normalized spacial score (nSPS) is 25.9. The summed E-state index contributed by atoms with van der Waals surface area (Å²) in [5, 5.41) is 3.41. The molecule has 2 fully saturated rings. The van der Waals surface area contributed by atoms with Crippen molar-refractivity contribution in [3.05, 3.63) is 11.6 Å². The van der Waals surface area contributed by atoms with E-state index in [0.29, 0.717) is 11.9 Å². The highest BCUT2D eigenvalue weighted by Crippen LogP contribution is 2.22. The first-order valence-corrected chi connectivity index (χ1v) is 5.85. The van der Waals surface area contributed by atoms with Gasteiger partial charge in [0.25, 0.3) is 0 Å². The summed E-state index contributed by atoms with van der Waals surface area (Å²) < 4.78 is 0. The van der Waals surface area contributed by atoms with Crippen LogP contribution in [0.4, 0.5) is 0 Å². The predicted molar refractivity (Wildman–Crippen MR) is 60.6 cm³/mol. The molecule has 0 bridgehead atoms. The molecule has 1 saturated heterocycles. The van der Waals surface area contributed by atoms with Gasteiger partial charge in [-0.05, 0) is 33.1 Å². The first-order valence-electron chi connectivity index (χ1n) is 5.85. The number of amides is 1. The van der Waals surface area contributed by atoms with Crippen molar-refractivity contribution in [2.75, 3.05) is 13.1 Å². The standard InChI is InChI=1S/C12H20N2O/c1-9(2)5-7-14-8-6-11(12(14)15)13-10-3-4-10/h5,10-11,13H,3-4,6-8H2,1-2H3. The van der Waals surface area contributed by atoms with Crippen LogP contribution in [0.2, 0.25) is 0 Å².